The van der Waals surface area contributed by atoms with Crippen molar-refractivity contribution in [2.45, 2.75) is 24.7 Å². The van der Waals surface area contributed by atoms with E-state index >= 15 is 0 Å². The first-order valence-corrected chi connectivity index (χ1v) is 8.03. The van der Waals surface area contributed by atoms with Gasteiger partial charge in [-0.15, -0.1) is 0 Å². The molecule has 0 spiro atoms. The molecule has 1 aliphatic heterocycles. The first-order chi connectivity index (χ1) is 8.97. The number of aryl methyl sites for hydroxylation is 1. The smallest absolute Gasteiger partial charge is 0.296 e. The van der Waals surface area contributed by atoms with Crippen LogP contribution in [-0.4, -0.2) is 40.1 Å². The maximum atomic E-state index is 11.9. The Labute approximate surface area is 115 Å². The van der Waals surface area contributed by atoms with E-state index in [2.05, 4.69) is 11.9 Å². The molecule has 0 radical (unpaired) electrons. The molecule has 1 fully saturated rings. The quantitative estimate of drug-likeness (QED) is 0.776. The fourth-order valence-corrected chi connectivity index (χ4v) is 3.28. The number of benzene rings is 1. The zero-order chi connectivity index (χ0) is 13.9. The van der Waals surface area contributed by atoms with Crippen molar-refractivity contribution in [2.75, 3.05) is 26.7 Å². The third kappa shape index (κ3) is 4.03. The lowest BCUT2D eigenvalue weighted by Gasteiger charge is -2.10. The lowest BCUT2D eigenvalue weighted by atomic mass is 10.1. The van der Waals surface area contributed by atoms with Crippen LogP contribution in [0.3, 0.4) is 0 Å². The first-order valence-electron chi connectivity index (χ1n) is 6.62. The highest BCUT2D eigenvalue weighted by molar-refractivity contribution is 7.86. The van der Waals surface area contributed by atoms with Crippen LogP contribution in [0.2, 0.25) is 0 Å². The van der Waals surface area contributed by atoms with Gasteiger partial charge in [0.15, 0.2) is 0 Å². The Kier molecular flexibility index (Phi) is 4.60. The van der Waals surface area contributed by atoms with E-state index in [4.69, 9.17) is 4.18 Å². The molecule has 1 aromatic carbocycles. The van der Waals surface area contributed by atoms with Crippen molar-refractivity contribution in [2.24, 2.45) is 5.92 Å². The average Bonchev–Trinajstić information content (AvgIpc) is 2.75. The summed E-state index contributed by atoms with van der Waals surface area (Å²) < 4.78 is 29.0. The lowest BCUT2D eigenvalue weighted by Crippen LogP contribution is -2.15. The summed E-state index contributed by atoms with van der Waals surface area (Å²) >= 11 is 0. The molecule has 1 aliphatic rings. The van der Waals surface area contributed by atoms with Gasteiger partial charge in [-0.1, -0.05) is 17.7 Å². The molecule has 2 rings (SSSR count). The van der Waals surface area contributed by atoms with E-state index in [1.807, 2.05) is 6.92 Å². The van der Waals surface area contributed by atoms with Gasteiger partial charge in [-0.25, -0.2) is 0 Å². The van der Waals surface area contributed by atoms with Crippen LogP contribution in [0, 0.1) is 12.8 Å². The van der Waals surface area contributed by atoms with E-state index in [1.165, 1.54) is 0 Å². The highest BCUT2D eigenvalue weighted by Gasteiger charge is 2.21. The summed E-state index contributed by atoms with van der Waals surface area (Å²) in [5.74, 6) is 0.554. The highest BCUT2D eigenvalue weighted by Crippen LogP contribution is 2.19. The second kappa shape index (κ2) is 6.03. The van der Waals surface area contributed by atoms with Gasteiger partial charge in [-0.2, -0.15) is 8.42 Å². The van der Waals surface area contributed by atoms with E-state index in [0.717, 1.165) is 31.5 Å². The molecule has 106 valence electrons. The second-order valence-electron chi connectivity index (χ2n) is 5.29. The van der Waals surface area contributed by atoms with Crippen molar-refractivity contribution >= 4 is 10.1 Å². The van der Waals surface area contributed by atoms with Crippen LogP contribution in [0.15, 0.2) is 29.2 Å². The van der Waals surface area contributed by atoms with Gasteiger partial charge in [0, 0.05) is 6.54 Å². The minimum Gasteiger partial charge on any atom is -0.306 e. The largest absolute Gasteiger partial charge is 0.306 e. The molecule has 1 unspecified atom stereocenters. The number of nitrogens with zero attached hydrogens (tertiary/aromatic N) is 1. The Morgan fingerprint density at radius 2 is 2.00 bits per heavy atom. The van der Waals surface area contributed by atoms with E-state index in [0.29, 0.717) is 5.92 Å². The first kappa shape index (κ1) is 14.5. The Morgan fingerprint density at radius 1 is 1.32 bits per heavy atom. The predicted octanol–water partition coefficient (Wildman–Crippen LogP) is 2.04. The third-order valence-electron chi connectivity index (χ3n) is 3.56. The summed E-state index contributed by atoms with van der Waals surface area (Å²) in [7, 11) is -1.51. The molecule has 5 heteroatoms. The molecular formula is C14H21NO3S. The molecule has 0 bridgehead atoms. The van der Waals surface area contributed by atoms with Crippen molar-refractivity contribution in [3.8, 4) is 0 Å². The van der Waals surface area contributed by atoms with Gasteiger partial charge < -0.3 is 4.90 Å². The molecule has 1 aromatic rings. The zero-order valence-corrected chi connectivity index (χ0v) is 12.3. The van der Waals surface area contributed by atoms with Gasteiger partial charge in [-0.3, -0.25) is 4.18 Å². The summed E-state index contributed by atoms with van der Waals surface area (Å²) in [4.78, 5) is 2.50. The van der Waals surface area contributed by atoms with Crippen molar-refractivity contribution < 1.29 is 12.6 Å². The molecular weight excluding hydrogens is 262 g/mol. The number of hydrogen-bond donors (Lipinski definition) is 0. The van der Waals surface area contributed by atoms with Gasteiger partial charge >= 0.3 is 0 Å². The monoisotopic (exact) mass is 283 g/mol. The summed E-state index contributed by atoms with van der Waals surface area (Å²) in [6.07, 6.45) is 1.93. The molecule has 1 heterocycles. The summed E-state index contributed by atoms with van der Waals surface area (Å²) in [6, 6.07) is 6.74. The van der Waals surface area contributed by atoms with Gasteiger partial charge in [-0.05, 0) is 51.4 Å². The minimum absolute atomic E-state index is 0.238. The molecule has 4 nitrogen and oxygen atoms in total. The van der Waals surface area contributed by atoms with Gasteiger partial charge in [0.2, 0.25) is 0 Å². The van der Waals surface area contributed by atoms with Gasteiger partial charge in [0.1, 0.15) is 0 Å². The van der Waals surface area contributed by atoms with E-state index < -0.39 is 10.1 Å². The minimum atomic E-state index is -3.60. The molecule has 1 saturated heterocycles. The van der Waals surface area contributed by atoms with Crippen LogP contribution in [0.4, 0.5) is 0 Å². The SMILES string of the molecule is Cc1ccc(S(=O)(=O)OCCC2CCN(C)C2)cc1. The zero-order valence-electron chi connectivity index (χ0n) is 11.5. The fraction of sp³-hybridized carbons (Fsp3) is 0.571. The molecule has 0 aromatic heterocycles. The van der Waals surface area contributed by atoms with Crippen LogP contribution in [0.5, 0.6) is 0 Å². The van der Waals surface area contributed by atoms with Crippen LogP contribution in [-0.2, 0) is 14.3 Å². The molecule has 19 heavy (non-hydrogen) atoms. The third-order valence-corrected chi connectivity index (χ3v) is 4.89. The van der Waals surface area contributed by atoms with Crippen molar-refractivity contribution in [3.05, 3.63) is 29.8 Å². The molecule has 0 N–H and O–H groups in total. The molecule has 0 amide bonds. The fourth-order valence-electron chi connectivity index (χ4n) is 2.36. The molecule has 1 atom stereocenters. The average molecular weight is 283 g/mol. The summed E-state index contributed by atoms with van der Waals surface area (Å²) in [5, 5.41) is 0. The van der Waals surface area contributed by atoms with Crippen molar-refractivity contribution in [3.63, 3.8) is 0 Å². The van der Waals surface area contributed by atoms with E-state index in [-0.39, 0.29) is 11.5 Å². The van der Waals surface area contributed by atoms with Gasteiger partial charge in [0.25, 0.3) is 10.1 Å². The Hall–Kier alpha value is -0.910. The van der Waals surface area contributed by atoms with Crippen molar-refractivity contribution in [1.29, 1.82) is 0 Å². The second-order valence-corrected chi connectivity index (χ2v) is 6.91. The Bertz CT molecular complexity index is 510. The number of likely N-dealkylation sites (tertiary alicyclic amines) is 1. The number of hydrogen-bond acceptors (Lipinski definition) is 4. The molecule has 0 aliphatic carbocycles. The maximum absolute atomic E-state index is 11.9. The van der Waals surface area contributed by atoms with Crippen LogP contribution < -0.4 is 0 Å². The standard InChI is InChI=1S/C14H21NO3S/c1-12-3-5-14(6-4-12)19(16,17)18-10-8-13-7-9-15(2)11-13/h3-6,13H,7-11H2,1-2H3. The highest BCUT2D eigenvalue weighted by atomic mass is 32.2. The Morgan fingerprint density at radius 3 is 2.58 bits per heavy atom. The maximum Gasteiger partial charge on any atom is 0.296 e. The van der Waals surface area contributed by atoms with E-state index in [9.17, 15) is 8.42 Å². The summed E-state index contributed by atoms with van der Waals surface area (Å²) in [5.41, 5.74) is 1.04. The topological polar surface area (TPSA) is 46.6 Å². The normalized spacial score (nSPS) is 20.8. The number of rotatable bonds is 5. The lowest BCUT2D eigenvalue weighted by molar-refractivity contribution is 0.279. The summed E-state index contributed by atoms with van der Waals surface area (Å²) in [6.45, 7) is 4.33. The van der Waals surface area contributed by atoms with Crippen molar-refractivity contribution in [1.82, 2.24) is 4.90 Å². The van der Waals surface area contributed by atoms with Gasteiger partial charge in [0.05, 0.1) is 11.5 Å². The molecule has 0 saturated carbocycles. The van der Waals surface area contributed by atoms with Crippen LogP contribution in [0.25, 0.3) is 0 Å². The van der Waals surface area contributed by atoms with E-state index in [1.54, 1.807) is 24.3 Å². The Balaban J connectivity index is 1.86. The van der Waals surface area contributed by atoms with Crippen LogP contribution in [0.1, 0.15) is 18.4 Å². The predicted molar refractivity (Wildman–Crippen MR) is 74.5 cm³/mol. The van der Waals surface area contributed by atoms with Crippen LogP contribution >= 0.6 is 0 Å².